The molecule has 0 aliphatic rings. The number of aryl methyl sites for hydroxylation is 2. The van der Waals surface area contributed by atoms with Crippen molar-refractivity contribution < 1.29 is 13.0 Å². The van der Waals surface area contributed by atoms with Gasteiger partial charge >= 0.3 is 0 Å². The molecule has 108 valence electrons. The van der Waals surface area contributed by atoms with Crippen molar-refractivity contribution >= 4 is 28.1 Å². The maximum Gasteiger partial charge on any atom is 0.144 e. The van der Waals surface area contributed by atoms with Gasteiger partial charge in [0, 0.05) is 18.3 Å². The van der Waals surface area contributed by atoms with Gasteiger partial charge in [0.2, 0.25) is 0 Å². The Labute approximate surface area is 122 Å². The third-order valence-corrected chi connectivity index (χ3v) is 4.66. The molecule has 1 aromatic heterocycles. The molecule has 0 amide bonds. The van der Waals surface area contributed by atoms with Crippen molar-refractivity contribution in [2.45, 2.75) is 17.6 Å². The van der Waals surface area contributed by atoms with Crippen molar-refractivity contribution in [1.82, 2.24) is 9.78 Å². The molecular formula is C12H12ClF2N3OS. The van der Waals surface area contributed by atoms with E-state index in [0.717, 1.165) is 12.1 Å². The smallest absolute Gasteiger partial charge is 0.144 e. The van der Waals surface area contributed by atoms with Gasteiger partial charge in [-0.3, -0.25) is 8.89 Å². The molecule has 1 heterocycles. The molecule has 0 bridgehead atoms. The predicted octanol–water partition coefficient (Wildman–Crippen LogP) is 2.55. The van der Waals surface area contributed by atoms with Crippen LogP contribution in [0.4, 0.5) is 14.5 Å². The van der Waals surface area contributed by atoms with Crippen LogP contribution in [0.25, 0.3) is 0 Å². The van der Waals surface area contributed by atoms with Crippen LogP contribution < -0.4 is 5.73 Å². The minimum atomic E-state index is -1.92. The number of aromatic nitrogens is 2. The number of benzene rings is 1. The first-order valence-electron chi connectivity index (χ1n) is 5.62. The SMILES string of the molecule is Cc1nn(C)c(Cl)c1CS(=O)c1c(F)cc(N)cc1F. The number of hydrogen-bond acceptors (Lipinski definition) is 3. The van der Waals surface area contributed by atoms with Gasteiger partial charge in [-0.05, 0) is 19.1 Å². The van der Waals surface area contributed by atoms with E-state index in [9.17, 15) is 13.0 Å². The quantitative estimate of drug-likeness (QED) is 0.884. The molecule has 0 aliphatic heterocycles. The van der Waals surface area contributed by atoms with E-state index in [0.29, 0.717) is 16.4 Å². The van der Waals surface area contributed by atoms with Gasteiger partial charge in [-0.25, -0.2) is 8.78 Å². The summed E-state index contributed by atoms with van der Waals surface area (Å²) >= 11 is 6.01. The Kier molecular flexibility index (Phi) is 4.10. The lowest BCUT2D eigenvalue weighted by atomic mass is 10.3. The van der Waals surface area contributed by atoms with E-state index >= 15 is 0 Å². The van der Waals surface area contributed by atoms with Crippen molar-refractivity contribution in [2.75, 3.05) is 5.73 Å². The normalized spacial score (nSPS) is 12.7. The summed E-state index contributed by atoms with van der Waals surface area (Å²) < 4.78 is 41.0. The maximum atomic E-state index is 13.7. The van der Waals surface area contributed by atoms with Gasteiger partial charge in [0.1, 0.15) is 21.7 Å². The summed E-state index contributed by atoms with van der Waals surface area (Å²) in [6.07, 6.45) is 0. The van der Waals surface area contributed by atoms with Crippen molar-refractivity contribution in [3.63, 3.8) is 0 Å². The van der Waals surface area contributed by atoms with Crippen LogP contribution in [-0.4, -0.2) is 14.0 Å². The summed E-state index contributed by atoms with van der Waals surface area (Å²) in [6.45, 7) is 1.69. The Morgan fingerprint density at radius 2 is 1.95 bits per heavy atom. The van der Waals surface area contributed by atoms with E-state index in [1.165, 1.54) is 4.68 Å². The molecule has 0 saturated carbocycles. The lowest BCUT2D eigenvalue weighted by Gasteiger charge is -2.06. The van der Waals surface area contributed by atoms with Crippen molar-refractivity contribution in [3.05, 3.63) is 40.2 Å². The Hall–Kier alpha value is -1.47. The van der Waals surface area contributed by atoms with Crippen LogP contribution in [0.3, 0.4) is 0 Å². The van der Waals surface area contributed by atoms with Crippen LogP contribution in [0, 0.1) is 18.6 Å². The van der Waals surface area contributed by atoms with Gasteiger partial charge in [-0.2, -0.15) is 5.10 Å². The summed E-state index contributed by atoms with van der Waals surface area (Å²) in [4.78, 5) is -0.501. The fraction of sp³-hybridized carbons (Fsp3) is 0.250. The molecule has 1 atom stereocenters. The molecule has 0 aliphatic carbocycles. The molecule has 0 radical (unpaired) electrons. The van der Waals surface area contributed by atoms with Gasteiger partial charge in [0.05, 0.1) is 22.2 Å². The fourth-order valence-corrected chi connectivity index (χ4v) is 3.46. The summed E-state index contributed by atoms with van der Waals surface area (Å²) in [6, 6.07) is 1.88. The number of anilines is 1. The Morgan fingerprint density at radius 1 is 1.40 bits per heavy atom. The zero-order chi connectivity index (χ0) is 15.0. The molecule has 0 spiro atoms. The second-order valence-corrected chi connectivity index (χ2v) is 6.03. The molecule has 2 N–H and O–H groups in total. The van der Waals surface area contributed by atoms with Crippen LogP contribution in [0.15, 0.2) is 17.0 Å². The molecule has 0 saturated heterocycles. The van der Waals surface area contributed by atoms with E-state index in [1.807, 2.05) is 0 Å². The summed E-state index contributed by atoms with van der Waals surface area (Å²) in [5, 5.41) is 4.36. The highest BCUT2D eigenvalue weighted by atomic mass is 35.5. The van der Waals surface area contributed by atoms with E-state index in [2.05, 4.69) is 5.10 Å². The van der Waals surface area contributed by atoms with Crippen LogP contribution in [0.2, 0.25) is 5.15 Å². The van der Waals surface area contributed by atoms with E-state index in [1.54, 1.807) is 14.0 Å². The van der Waals surface area contributed by atoms with Crippen molar-refractivity contribution in [1.29, 1.82) is 0 Å². The molecule has 20 heavy (non-hydrogen) atoms. The number of rotatable bonds is 3. The van der Waals surface area contributed by atoms with Gasteiger partial charge in [-0.15, -0.1) is 0 Å². The topological polar surface area (TPSA) is 60.9 Å². The second kappa shape index (κ2) is 5.49. The molecule has 1 aromatic carbocycles. The zero-order valence-corrected chi connectivity index (χ0v) is 12.4. The third-order valence-electron chi connectivity index (χ3n) is 2.79. The molecule has 8 heteroatoms. The first kappa shape index (κ1) is 14.9. The monoisotopic (exact) mass is 319 g/mol. The Morgan fingerprint density at radius 3 is 2.40 bits per heavy atom. The molecule has 1 unspecified atom stereocenters. The predicted molar refractivity (Wildman–Crippen MR) is 73.8 cm³/mol. The third kappa shape index (κ3) is 2.69. The highest BCUT2D eigenvalue weighted by molar-refractivity contribution is 7.84. The first-order valence-corrected chi connectivity index (χ1v) is 7.31. The van der Waals surface area contributed by atoms with E-state index < -0.39 is 27.3 Å². The first-order chi connectivity index (χ1) is 9.31. The zero-order valence-electron chi connectivity index (χ0n) is 10.8. The maximum absolute atomic E-state index is 13.7. The molecular weight excluding hydrogens is 308 g/mol. The van der Waals surface area contributed by atoms with E-state index in [-0.39, 0.29) is 11.4 Å². The van der Waals surface area contributed by atoms with Crippen molar-refractivity contribution in [2.24, 2.45) is 7.05 Å². The number of halogens is 3. The molecule has 4 nitrogen and oxygen atoms in total. The van der Waals surface area contributed by atoms with Gasteiger partial charge in [-0.1, -0.05) is 11.6 Å². The average Bonchev–Trinajstić information content (AvgIpc) is 2.54. The number of nitrogen functional groups attached to an aromatic ring is 1. The minimum Gasteiger partial charge on any atom is -0.399 e. The van der Waals surface area contributed by atoms with Crippen LogP contribution in [-0.2, 0) is 23.6 Å². The summed E-state index contributed by atoms with van der Waals surface area (Å²) in [5.74, 6) is -1.98. The van der Waals surface area contributed by atoms with Crippen LogP contribution >= 0.6 is 11.6 Å². The number of hydrogen-bond donors (Lipinski definition) is 1. The van der Waals surface area contributed by atoms with Gasteiger partial charge in [0.25, 0.3) is 0 Å². The van der Waals surface area contributed by atoms with Crippen molar-refractivity contribution in [3.8, 4) is 0 Å². The number of nitrogens with zero attached hydrogens (tertiary/aromatic N) is 2. The van der Waals surface area contributed by atoms with Crippen LogP contribution in [0.5, 0.6) is 0 Å². The highest BCUT2D eigenvalue weighted by Crippen LogP contribution is 2.26. The summed E-state index contributed by atoms with van der Waals surface area (Å²) in [7, 11) is -0.285. The average molecular weight is 320 g/mol. The number of nitrogens with two attached hydrogens (primary N) is 1. The Balaban J connectivity index is 2.38. The molecule has 2 rings (SSSR count). The lowest BCUT2D eigenvalue weighted by Crippen LogP contribution is -2.05. The molecule has 0 fully saturated rings. The largest absolute Gasteiger partial charge is 0.399 e. The Bertz CT molecular complexity index is 679. The van der Waals surface area contributed by atoms with Crippen LogP contribution in [0.1, 0.15) is 11.3 Å². The highest BCUT2D eigenvalue weighted by Gasteiger charge is 2.21. The standard InChI is InChI=1S/C12H12ClF2N3OS/c1-6-8(12(13)18(2)17-6)5-20(19)11-9(14)3-7(16)4-10(11)15/h3-4H,5,16H2,1-2H3. The fourth-order valence-electron chi connectivity index (χ4n) is 1.84. The second-order valence-electron chi connectivity index (χ2n) is 4.28. The lowest BCUT2D eigenvalue weighted by molar-refractivity contribution is 0.535. The van der Waals surface area contributed by atoms with Gasteiger partial charge in [0.15, 0.2) is 0 Å². The summed E-state index contributed by atoms with van der Waals surface area (Å²) in [5.41, 5.74) is 6.33. The van der Waals surface area contributed by atoms with Gasteiger partial charge < -0.3 is 5.73 Å². The minimum absolute atomic E-state index is 0.0589. The molecule has 2 aromatic rings. The van der Waals surface area contributed by atoms with E-state index in [4.69, 9.17) is 17.3 Å².